The Balaban J connectivity index is 2.36. The SMILES string of the molecule is CC(=O)N(Cl)c1ccc(N=Nc2ccccc2)cc1[N+](=O)[O-]. The molecule has 0 saturated carbocycles. The zero-order valence-electron chi connectivity index (χ0n) is 11.5. The number of nitrogens with zero attached hydrogens (tertiary/aromatic N) is 4. The zero-order valence-corrected chi connectivity index (χ0v) is 12.3. The summed E-state index contributed by atoms with van der Waals surface area (Å²) in [4.78, 5) is 21.7. The molecule has 2 aromatic carbocycles. The molecule has 0 N–H and O–H groups in total. The molecule has 0 fully saturated rings. The van der Waals surface area contributed by atoms with Gasteiger partial charge in [0, 0.05) is 24.8 Å². The lowest BCUT2D eigenvalue weighted by molar-refractivity contribution is -0.384. The summed E-state index contributed by atoms with van der Waals surface area (Å²) in [5.41, 5.74) is 0.567. The second kappa shape index (κ2) is 6.77. The molecule has 22 heavy (non-hydrogen) atoms. The number of anilines is 1. The smallest absolute Gasteiger partial charge is 0.273 e. The standard InChI is InChI=1S/C14H11ClN4O3/c1-10(20)18(15)13-8-7-12(9-14(13)19(21)22)17-16-11-5-3-2-4-6-11/h2-9H,1H3. The lowest BCUT2D eigenvalue weighted by Gasteiger charge is -2.11. The molecule has 1 amide bonds. The fourth-order valence-electron chi connectivity index (χ4n) is 1.67. The first-order valence-corrected chi connectivity index (χ1v) is 6.54. The predicted molar refractivity (Wildman–Crippen MR) is 82.7 cm³/mol. The van der Waals surface area contributed by atoms with E-state index in [0.717, 1.165) is 0 Å². The van der Waals surface area contributed by atoms with Gasteiger partial charge < -0.3 is 0 Å². The summed E-state index contributed by atoms with van der Waals surface area (Å²) in [7, 11) is 0. The number of halogens is 1. The Morgan fingerprint density at radius 3 is 2.36 bits per heavy atom. The minimum atomic E-state index is -0.630. The van der Waals surface area contributed by atoms with Crippen LogP contribution in [0.2, 0.25) is 0 Å². The van der Waals surface area contributed by atoms with Gasteiger partial charge in [0.2, 0.25) is 5.91 Å². The Morgan fingerprint density at radius 1 is 1.14 bits per heavy atom. The first kappa shape index (κ1) is 15.6. The molecule has 0 saturated heterocycles. The number of carbonyl (C=O) groups is 1. The molecule has 2 rings (SSSR count). The topological polar surface area (TPSA) is 88.2 Å². The number of nitro benzene ring substituents is 1. The molecule has 0 aliphatic carbocycles. The fraction of sp³-hybridized carbons (Fsp3) is 0.0714. The van der Waals surface area contributed by atoms with E-state index in [4.69, 9.17) is 11.8 Å². The molecule has 0 aromatic heterocycles. The van der Waals surface area contributed by atoms with Crippen molar-refractivity contribution < 1.29 is 9.72 Å². The van der Waals surface area contributed by atoms with Gasteiger partial charge in [-0.1, -0.05) is 18.2 Å². The Bertz CT molecular complexity index is 734. The number of hydrogen-bond donors (Lipinski definition) is 0. The Labute approximate surface area is 131 Å². The summed E-state index contributed by atoms with van der Waals surface area (Å²) < 4.78 is 0.691. The van der Waals surface area contributed by atoms with E-state index >= 15 is 0 Å². The van der Waals surface area contributed by atoms with Crippen LogP contribution in [0.4, 0.5) is 22.7 Å². The second-order valence-corrected chi connectivity index (χ2v) is 4.60. The highest BCUT2D eigenvalue weighted by Gasteiger charge is 2.21. The molecule has 0 unspecified atom stereocenters. The van der Waals surface area contributed by atoms with E-state index in [-0.39, 0.29) is 17.1 Å². The molecule has 0 bridgehead atoms. The average molecular weight is 319 g/mol. The highest BCUT2D eigenvalue weighted by molar-refractivity contribution is 6.36. The fourth-order valence-corrected chi connectivity index (χ4v) is 1.81. The maximum Gasteiger partial charge on any atom is 0.296 e. The van der Waals surface area contributed by atoms with E-state index in [1.54, 1.807) is 24.3 Å². The van der Waals surface area contributed by atoms with Crippen LogP contribution in [0.5, 0.6) is 0 Å². The van der Waals surface area contributed by atoms with Crippen LogP contribution < -0.4 is 4.42 Å². The van der Waals surface area contributed by atoms with Crippen molar-refractivity contribution in [1.29, 1.82) is 0 Å². The number of nitro groups is 1. The van der Waals surface area contributed by atoms with E-state index in [1.807, 2.05) is 6.07 Å². The number of benzene rings is 2. The highest BCUT2D eigenvalue weighted by Crippen LogP contribution is 2.33. The lowest BCUT2D eigenvalue weighted by Crippen LogP contribution is -2.17. The van der Waals surface area contributed by atoms with Crippen LogP contribution in [-0.4, -0.2) is 10.8 Å². The summed E-state index contributed by atoms with van der Waals surface area (Å²) in [6, 6.07) is 13.0. The quantitative estimate of drug-likeness (QED) is 0.359. The summed E-state index contributed by atoms with van der Waals surface area (Å²) in [5.74, 6) is -0.525. The summed E-state index contributed by atoms with van der Waals surface area (Å²) in [6.07, 6.45) is 0. The molecule has 0 spiro atoms. The van der Waals surface area contributed by atoms with Crippen molar-refractivity contribution in [3.05, 3.63) is 58.6 Å². The third kappa shape index (κ3) is 3.64. The monoisotopic (exact) mass is 318 g/mol. The van der Waals surface area contributed by atoms with E-state index in [1.165, 1.54) is 25.1 Å². The average Bonchev–Trinajstić information content (AvgIpc) is 2.52. The maximum atomic E-state index is 11.2. The van der Waals surface area contributed by atoms with Gasteiger partial charge in [-0.2, -0.15) is 10.2 Å². The summed E-state index contributed by atoms with van der Waals surface area (Å²) >= 11 is 5.74. The molecular weight excluding hydrogens is 308 g/mol. The minimum absolute atomic E-state index is 0.0159. The molecule has 0 radical (unpaired) electrons. The largest absolute Gasteiger partial charge is 0.296 e. The Kier molecular flexibility index (Phi) is 4.80. The van der Waals surface area contributed by atoms with Crippen LogP contribution >= 0.6 is 11.8 Å². The van der Waals surface area contributed by atoms with Crippen LogP contribution in [0.1, 0.15) is 6.92 Å². The van der Waals surface area contributed by atoms with Crippen molar-refractivity contribution in [2.45, 2.75) is 6.92 Å². The van der Waals surface area contributed by atoms with E-state index in [2.05, 4.69) is 10.2 Å². The third-order valence-corrected chi connectivity index (χ3v) is 3.10. The normalized spacial score (nSPS) is 10.6. The number of carbonyl (C=O) groups excluding carboxylic acids is 1. The first-order valence-electron chi connectivity index (χ1n) is 6.21. The van der Waals surface area contributed by atoms with Crippen molar-refractivity contribution in [1.82, 2.24) is 0 Å². The summed E-state index contributed by atoms with van der Waals surface area (Å²) in [5, 5.41) is 19.0. The maximum absolute atomic E-state index is 11.2. The van der Waals surface area contributed by atoms with Crippen molar-refractivity contribution in [3.8, 4) is 0 Å². The van der Waals surface area contributed by atoms with Crippen molar-refractivity contribution >= 4 is 40.4 Å². The second-order valence-electron chi connectivity index (χ2n) is 4.27. The van der Waals surface area contributed by atoms with Gasteiger partial charge in [0.25, 0.3) is 5.69 Å². The molecule has 2 aromatic rings. The van der Waals surface area contributed by atoms with Crippen molar-refractivity contribution in [3.63, 3.8) is 0 Å². The van der Waals surface area contributed by atoms with Gasteiger partial charge in [-0.3, -0.25) is 14.9 Å². The lowest BCUT2D eigenvalue weighted by atomic mass is 10.2. The van der Waals surface area contributed by atoms with Crippen LogP contribution in [0.15, 0.2) is 58.8 Å². The predicted octanol–water partition coefficient (Wildman–Crippen LogP) is 4.52. The van der Waals surface area contributed by atoms with Crippen molar-refractivity contribution in [2.24, 2.45) is 10.2 Å². The molecule has 0 aliphatic rings. The van der Waals surface area contributed by atoms with Gasteiger partial charge in [-0.05, 0) is 24.3 Å². The molecule has 8 heteroatoms. The zero-order chi connectivity index (χ0) is 16.1. The summed E-state index contributed by atoms with van der Waals surface area (Å²) in [6.45, 7) is 1.21. The molecule has 112 valence electrons. The molecule has 0 aliphatic heterocycles. The van der Waals surface area contributed by atoms with Crippen molar-refractivity contribution in [2.75, 3.05) is 4.42 Å². The Morgan fingerprint density at radius 2 is 1.77 bits per heavy atom. The van der Waals surface area contributed by atoms with Gasteiger partial charge in [-0.25, -0.2) is 4.42 Å². The van der Waals surface area contributed by atoms with Gasteiger partial charge in [-0.15, -0.1) is 0 Å². The van der Waals surface area contributed by atoms with Gasteiger partial charge >= 0.3 is 0 Å². The molecular formula is C14H11ClN4O3. The first-order chi connectivity index (χ1) is 10.5. The van der Waals surface area contributed by atoms with E-state index in [9.17, 15) is 14.9 Å². The molecule has 0 heterocycles. The minimum Gasteiger partial charge on any atom is -0.273 e. The van der Waals surface area contributed by atoms with Gasteiger partial charge in [0.1, 0.15) is 5.69 Å². The number of amides is 1. The molecule has 0 atom stereocenters. The van der Waals surface area contributed by atoms with Crippen LogP contribution in [0, 0.1) is 10.1 Å². The Hall–Kier alpha value is -2.80. The van der Waals surface area contributed by atoms with Gasteiger partial charge in [0.15, 0.2) is 0 Å². The highest BCUT2D eigenvalue weighted by atomic mass is 35.5. The number of azo groups is 1. The van der Waals surface area contributed by atoms with Crippen LogP contribution in [-0.2, 0) is 4.79 Å². The third-order valence-electron chi connectivity index (χ3n) is 2.68. The molecule has 7 nitrogen and oxygen atoms in total. The number of hydrogen-bond acceptors (Lipinski definition) is 5. The van der Waals surface area contributed by atoms with Crippen LogP contribution in [0.3, 0.4) is 0 Å². The van der Waals surface area contributed by atoms with Crippen LogP contribution in [0.25, 0.3) is 0 Å². The van der Waals surface area contributed by atoms with Gasteiger partial charge in [0.05, 0.1) is 16.3 Å². The van der Waals surface area contributed by atoms with E-state index < -0.39 is 10.8 Å². The van der Waals surface area contributed by atoms with E-state index in [0.29, 0.717) is 10.1 Å². The number of rotatable bonds is 4.